The van der Waals surface area contributed by atoms with Crippen LogP contribution < -0.4 is 9.44 Å². The van der Waals surface area contributed by atoms with Gasteiger partial charge in [-0.25, -0.2) is 18.7 Å². The third kappa shape index (κ3) is 9.54. The van der Waals surface area contributed by atoms with Gasteiger partial charge in [0.05, 0.1) is 0 Å². The first-order chi connectivity index (χ1) is 12.6. The average molecular weight is 426 g/mol. The van der Waals surface area contributed by atoms with Gasteiger partial charge in [0, 0.05) is 19.5 Å². The lowest BCUT2D eigenvalue weighted by Crippen LogP contribution is -2.44. The lowest BCUT2D eigenvalue weighted by atomic mass is 10.0. The highest BCUT2D eigenvalue weighted by Crippen LogP contribution is 2.25. The summed E-state index contributed by atoms with van der Waals surface area (Å²) < 4.78 is 52.6. The summed E-state index contributed by atoms with van der Waals surface area (Å²) in [6, 6.07) is 0. The molecule has 0 radical (unpaired) electrons. The van der Waals surface area contributed by atoms with Crippen molar-refractivity contribution in [2.45, 2.75) is 78.3 Å². The number of carbonyl (C=O) groups excluding carboxylic acids is 2. The average Bonchev–Trinajstić information content (AvgIpc) is 2.62. The second-order valence-electron chi connectivity index (χ2n) is 8.81. The molecule has 0 aromatic carbocycles. The number of nitrogens with zero attached hydrogens (tertiary/aromatic N) is 1. The summed E-state index contributed by atoms with van der Waals surface area (Å²) >= 11 is 0. The van der Waals surface area contributed by atoms with E-state index >= 15 is 0 Å². The Morgan fingerprint density at radius 2 is 1.68 bits per heavy atom. The quantitative estimate of drug-likeness (QED) is 0.670. The molecule has 9 nitrogen and oxygen atoms in total. The number of amides is 2. The van der Waals surface area contributed by atoms with Crippen molar-refractivity contribution in [3.05, 3.63) is 0 Å². The summed E-state index contributed by atoms with van der Waals surface area (Å²) in [6.45, 7) is 10.0. The Balaban J connectivity index is 2.58. The molecule has 2 unspecified atom stereocenters. The minimum atomic E-state index is -4.14. The largest absolute Gasteiger partial charge is 0.444 e. The van der Waals surface area contributed by atoms with E-state index in [9.17, 15) is 22.4 Å². The molecule has 1 rings (SSSR count). The lowest BCUT2D eigenvalue weighted by molar-refractivity contribution is -0.00370. The van der Waals surface area contributed by atoms with Gasteiger partial charge in [0.15, 0.2) is 6.30 Å². The molecule has 2 atom stereocenters. The van der Waals surface area contributed by atoms with E-state index < -0.39 is 39.9 Å². The molecule has 0 aliphatic carbocycles. The van der Waals surface area contributed by atoms with Gasteiger partial charge in [-0.3, -0.25) is 4.90 Å². The Morgan fingerprint density at radius 3 is 2.21 bits per heavy atom. The van der Waals surface area contributed by atoms with Gasteiger partial charge in [0.2, 0.25) is 0 Å². The maximum Gasteiger partial charge on any atom is 0.422 e. The lowest BCUT2D eigenvalue weighted by Gasteiger charge is -2.28. The zero-order valence-electron chi connectivity index (χ0n) is 17.4. The van der Waals surface area contributed by atoms with E-state index in [4.69, 9.17) is 9.47 Å². The molecule has 0 bridgehead atoms. The highest BCUT2D eigenvalue weighted by atomic mass is 32.2. The second-order valence-corrected chi connectivity index (χ2v) is 10.3. The molecule has 1 saturated heterocycles. The maximum absolute atomic E-state index is 14.6. The summed E-state index contributed by atoms with van der Waals surface area (Å²) in [4.78, 5) is 24.7. The summed E-state index contributed by atoms with van der Waals surface area (Å²) in [6.07, 6.45) is -2.41. The minimum Gasteiger partial charge on any atom is -0.444 e. The Bertz CT molecular complexity index is 657. The zero-order chi connectivity index (χ0) is 21.8. The minimum absolute atomic E-state index is 0.0335. The predicted octanol–water partition coefficient (Wildman–Crippen LogP) is 2.68. The van der Waals surface area contributed by atoms with E-state index in [1.54, 1.807) is 46.3 Å². The summed E-state index contributed by atoms with van der Waals surface area (Å²) in [5.74, 6) is -0.336. The number of alkyl halides is 1. The number of hydrogen-bond donors (Lipinski definition) is 2. The van der Waals surface area contributed by atoms with Crippen molar-refractivity contribution < 1.29 is 31.9 Å². The van der Waals surface area contributed by atoms with Crippen LogP contribution in [0.5, 0.6) is 0 Å². The topological polar surface area (TPSA) is 114 Å². The second kappa shape index (κ2) is 9.25. The zero-order valence-corrected chi connectivity index (χ0v) is 18.2. The molecule has 1 heterocycles. The highest BCUT2D eigenvalue weighted by molar-refractivity contribution is 7.88. The molecule has 1 fully saturated rings. The third-order valence-electron chi connectivity index (χ3n) is 3.68. The third-order valence-corrected chi connectivity index (χ3v) is 4.67. The van der Waals surface area contributed by atoms with Crippen LogP contribution in [0.4, 0.5) is 14.0 Å². The van der Waals surface area contributed by atoms with Crippen LogP contribution in [-0.4, -0.2) is 56.1 Å². The molecule has 28 heavy (non-hydrogen) atoms. The first-order valence-electron chi connectivity index (χ1n) is 9.22. The number of hydrogen-bond acceptors (Lipinski definition) is 6. The first-order valence-corrected chi connectivity index (χ1v) is 10.7. The Labute approximate surface area is 166 Å². The van der Waals surface area contributed by atoms with E-state index in [0.29, 0.717) is 12.8 Å². The van der Waals surface area contributed by atoms with Gasteiger partial charge in [0.25, 0.3) is 0 Å². The fraction of sp³-hybridized carbons (Fsp3) is 0.882. The number of rotatable bonds is 4. The number of halogens is 1. The van der Waals surface area contributed by atoms with Crippen LogP contribution in [-0.2, 0) is 19.7 Å². The Morgan fingerprint density at radius 1 is 1.11 bits per heavy atom. The maximum atomic E-state index is 14.6. The van der Waals surface area contributed by atoms with Crippen LogP contribution in [0.3, 0.4) is 0 Å². The van der Waals surface area contributed by atoms with Crippen LogP contribution in [0, 0.1) is 5.92 Å². The molecule has 0 spiro atoms. The molecule has 164 valence electrons. The fourth-order valence-corrected chi connectivity index (χ4v) is 3.38. The van der Waals surface area contributed by atoms with Crippen LogP contribution >= 0.6 is 0 Å². The molecule has 2 N–H and O–H groups in total. The van der Waals surface area contributed by atoms with Crippen molar-refractivity contribution in [3.8, 4) is 0 Å². The van der Waals surface area contributed by atoms with E-state index in [1.807, 2.05) is 0 Å². The summed E-state index contributed by atoms with van der Waals surface area (Å²) in [5.41, 5.74) is -1.57. The standard InChI is InChI=1S/C17H32FN3O6S/c1-16(2,3)26-14(22)20-28(24,25)19-11-12-8-7-9-21(13(18)10-12)15(23)27-17(4,5)6/h12-13,19H,7-11H2,1-6H3,(H,20,22). The van der Waals surface area contributed by atoms with Crippen LogP contribution in [0.1, 0.15) is 60.8 Å². The number of ether oxygens (including phenoxy) is 2. The van der Waals surface area contributed by atoms with Crippen molar-refractivity contribution in [3.63, 3.8) is 0 Å². The van der Waals surface area contributed by atoms with Crippen molar-refractivity contribution in [2.24, 2.45) is 5.92 Å². The molecule has 0 saturated carbocycles. The van der Waals surface area contributed by atoms with Gasteiger partial charge < -0.3 is 9.47 Å². The fourth-order valence-electron chi connectivity index (χ4n) is 2.59. The molecular weight excluding hydrogens is 393 g/mol. The van der Waals surface area contributed by atoms with Crippen molar-refractivity contribution in [1.82, 2.24) is 14.3 Å². The van der Waals surface area contributed by atoms with Gasteiger partial charge >= 0.3 is 22.4 Å². The predicted molar refractivity (Wildman–Crippen MR) is 101 cm³/mol. The van der Waals surface area contributed by atoms with E-state index in [1.165, 1.54) is 0 Å². The van der Waals surface area contributed by atoms with Gasteiger partial charge in [0.1, 0.15) is 11.2 Å². The van der Waals surface area contributed by atoms with Crippen LogP contribution in [0.25, 0.3) is 0 Å². The Kier molecular flexibility index (Phi) is 8.07. The summed E-state index contributed by atoms with van der Waals surface area (Å²) in [7, 11) is -4.14. The van der Waals surface area contributed by atoms with Crippen molar-refractivity contribution in [2.75, 3.05) is 13.1 Å². The van der Waals surface area contributed by atoms with Crippen molar-refractivity contribution in [1.29, 1.82) is 0 Å². The number of likely N-dealkylation sites (tertiary alicyclic amines) is 1. The van der Waals surface area contributed by atoms with Crippen LogP contribution in [0.2, 0.25) is 0 Å². The number of carbonyl (C=O) groups is 2. The summed E-state index contributed by atoms with van der Waals surface area (Å²) in [5, 5.41) is 0. The SMILES string of the molecule is CC(C)(C)OC(=O)NS(=O)(=O)NCC1CCCN(C(=O)OC(C)(C)C)C(F)C1. The molecule has 0 aromatic rings. The monoisotopic (exact) mass is 425 g/mol. The molecular formula is C17H32FN3O6S. The molecule has 0 aromatic heterocycles. The molecule has 1 aliphatic heterocycles. The first kappa shape index (κ1) is 24.4. The van der Waals surface area contributed by atoms with Gasteiger partial charge in [-0.1, -0.05) is 0 Å². The Hall–Kier alpha value is -1.62. The molecule has 11 heteroatoms. The number of nitrogens with one attached hydrogen (secondary N) is 2. The van der Waals surface area contributed by atoms with E-state index in [-0.39, 0.29) is 25.4 Å². The molecule has 1 aliphatic rings. The van der Waals surface area contributed by atoms with E-state index in [0.717, 1.165) is 4.90 Å². The van der Waals surface area contributed by atoms with Gasteiger partial charge in [-0.2, -0.15) is 13.1 Å². The highest BCUT2D eigenvalue weighted by Gasteiger charge is 2.33. The van der Waals surface area contributed by atoms with E-state index in [2.05, 4.69) is 4.72 Å². The van der Waals surface area contributed by atoms with Gasteiger partial charge in [-0.15, -0.1) is 0 Å². The van der Waals surface area contributed by atoms with Crippen LogP contribution in [0.15, 0.2) is 0 Å². The smallest absolute Gasteiger partial charge is 0.422 e. The van der Waals surface area contributed by atoms with Crippen molar-refractivity contribution >= 4 is 22.4 Å². The molecule has 2 amide bonds. The van der Waals surface area contributed by atoms with Gasteiger partial charge in [-0.05, 0) is 60.3 Å². The normalized spacial score (nSPS) is 21.6.